The van der Waals surface area contributed by atoms with Crippen molar-refractivity contribution < 1.29 is 19.1 Å². The summed E-state index contributed by atoms with van der Waals surface area (Å²) in [4.78, 5) is 26.5. The van der Waals surface area contributed by atoms with Crippen LogP contribution in [0.3, 0.4) is 0 Å². The number of likely N-dealkylation sites (N-methyl/N-ethyl adjacent to an activating group) is 1. The number of anilines is 1. The van der Waals surface area contributed by atoms with E-state index < -0.39 is 6.03 Å². The van der Waals surface area contributed by atoms with E-state index >= 15 is 0 Å². The molecule has 146 valence electrons. The molecule has 1 aliphatic heterocycles. The van der Waals surface area contributed by atoms with Crippen LogP contribution in [0.2, 0.25) is 0 Å². The summed E-state index contributed by atoms with van der Waals surface area (Å²) in [6, 6.07) is 13.1. The van der Waals surface area contributed by atoms with Gasteiger partial charge in [0.1, 0.15) is 0 Å². The smallest absolute Gasteiger partial charge is 0.325 e. The average molecular weight is 381 g/mol. The molecule has 28 heavy (non-hydrogen) atoms. The Bertz CT molecular complexity index is 899. The summed E-state index contributed by atoms with van der Waals surface area (Å²) in [5.74, 6) is 0.861. The fourth-order valence-electron chi connectivity index (χ4n) is 3.83. The van der Waals surface area contributed by atoms with E-state index in [1.54, 1.807) is 18.2 Å². The number of amides is 3. The number of ether oxygens (including phenoxy) is 2. The molecule has 0 fully saturated rings. The number of carbonyl (C=O) groups is 2. The highest BCUT2D eigenvalue weighted by atomic mass is 16.7. The Balaban J connectivity index is 1.32. The molecule has 2 aliphatic rings. The predicted molar refractivity (Wildman–Crippen MR) is 104 cm³/mol. The van der Waals surface area contributed by atoms with Gasteiger partial charge in [-0.3, -0.25) is 15.0 Å². The molecule has 7 nitrogen and oxygen atoms in total. The third-order valence-electron chi connectivity index (χ3n) is 5.15. The molecule has 2 N–H and O–H groups in total. The lowest BCUT2D eigenvalue weighted by Crippen LogP contribution is -2.42. The Morgan fingerprint density at radius 3 is 2.86 bits per heavy atom. The second-order valence-corrected chi connectivity index (χ2v) is 7.09. The van der Waals surface area contributed by atoms with Gasteiger partial charge in [0.15, 0.2) is 11.5 Å². The van der Waals surface area contributed by atoms with Gasteiger partial charge >= 0.3 is 6.03 Å². The van der Waals surface area contributed by atoms with Crippen LogP contribution in [0.15, 0.2) is 42.5 Å². The molecule has 0 saturated carbocycles. The number of fused-ring (bicyclic) bond motifs is 2. The van der Waals surface area contributed by atoms with Crippen molar-refractivity contribution in [2.45, 2.75) is 25.3 Å². The van der Waals surface area contributed by atoms with Gasteiger partial charge in [0, 0.05) is 17.8 Å². The summed E-state index contributed by atoms with van der Waals surface area (Å²) in [5, 5.41) is 5.03. The van der Waals surface area contributed by atoms with Crippen LogP contribution in [-0.4, -0.2) is 37.2 Å². The van der Waals surface area contributed by atoms with Gasteiger partial charge in [-0.25, -0.2) is 4.79 Å². The van der Waals surface area contributed by atoms with E-state index in [1.807, 2.05) is 24.1 Å². The zero-order valence-corrected chi connectivity index (χ0v) is 15.7. The Kier molecular flexibility index (Phi) is 5.16. The van der Waals surface area contributed by atoms with Crippen LogP contribution < -0.4 is 20.1 Å². The number of benzene rings is 2. The van der Waals surface area contributed by atoms with E-state index in [-0.39, 0.29) is 25.3 Å². The first kappa shape index (κ1) is 18.3. The van der Waals surface area contributed by atoms with Crippen molar-refractivity contribution in [3.05, 3.63) is 53.6 Å². The van der Waals surface area contributed by atoms with E-state index in [1.165, 1.54) is 11.1 Å². The summed E-state index contributed by atoms with van der Waals surface area (Å²) >= 11 is 0. The molecule has 1 heterocycles. The summed E-state index contributed by atoms with van der Waals surface area (Å²) in [6.07, 6.45) is 3.17. The van der Waals surface area contributed by atoms with Gasteiger partial charge in [-0.2, -0.15) is 0 Å². The highest BCUT2D eigenvalue weighted by Gasteiger charge is 2.25. The molecule has 2 aromatic rings. The lowest BCUT2D eigenvalue weighted by Gasteiger charge is -2.32. The second-order valence-electron chi connectivity index (χ2n) is 7.09. The van der Waals surface area contributed by atoms with Gasteiger partial charge in [0.2, 0.25) is 12.7 Å². The topological polar surface area (TPSA) is 79.9 Å². The summed E-state index contributed by atoms with van der Waals surface area (Å²) in [7, 11) is 1.92. The summed E-state index contributed by atoms with van der Waals surface area (Å²) < 4.78 is 10.5. The van der Waals surface area contributed by atoms with Crippen LogP contribution >= 0.6 is 0 Å². The molecule has 7 heteroatoms. The van der Waals surface area contributed by atoms with Gasteiger partial charge in [0.05, 0.1) is 6.54 Å². The second kappa shape index (κ2) is 7.90. The van der Waals surface area contributed by atoms with Gasteiger partial charge in [-0.15, -0.1) is 0 Å². The van der Waals surface area contributed by atoms with Crippen molar-refractivity contribution in [3.8, 4) is 11.5 Å². The standard InChI is InChI=1S/C21H23N3O4/c1-24(17-8-4-6-14-5-2-3-7-16(14)17)12-20(25)23-21(26)22-15-9-10-18-19(11-15)28-13-27-18/h2-3,5,7,9-11,17H,4,6,8,12-13H2,1H3,(H2,22,23,25,26). The van der Waals surface area contributed by atoms with E-state index in [0.717, 1.165) is 19.3 Å². The zero-order chi connectivity index (χ0) is 19.5. The fourth-order valence-corrected chi connectivity index (χ4v) is 3.83. The first-order valence-corrected chi connectivity index (χ1v) is 9.38. The van der Waals surface area contributed by atoms with Crippen molar-refractivity contribution in [3.63, 3.8) is 0 Å². The van der Waals surface area contributed by atoms with E-state index in [9.17, 15) is 9.59 Å². The Labute approximate surface area is 163 Å². The van der Waals surface area contributed by atoms with Crippen molar-refractivity contribution >= 4 is 17.6 Å². The quantitative estimate of drug-likeness (QED) is 0.851. The van der Waals surface area contributed by atoms with Crippen LogP contribution in [0.5, 0.6) is 11.5 Å². The average Bonchev–Trinajstić information content (AvgIpc) is 3.15. The molecule has 1 unspecified atom stereocenters. The maximum Gasteiger partial charge on any atom is 0.325 e. The molecule has 2 aromatic carbocycles. The molecule has 0 bridgehead atoms. The Hall–Kier alpha value is -3.06. The number of hydrogen-bond donors (Lipinski definition) is 2. The van der Waals surface area contributed by atoms with Gasteiger partial charge in [-0.1, -0.05) is 24.3 Å². The minimum Gasteiger partial charge on any atom is -0.454 e. The van der Waals surface area contributed by atoms with Crippen LogP contribution in [-0.2, 0) is 11.2 Å². The van der Waals surface area contributed by atoms with Crippen LogP contribution in [0.1, 0.15) is 30.0 Å². The number of hydrogen-bond acceptors (Lipinski definition) is 5. The molecule has 0 radical (unpaired) electrons. The molecule has 0 saturated heterocycles. The number of rotatable bonds is 4. The van der Waals surface area contributed by atoms with E-state index in [0.29, 0.717) is 17.2 Å². The largest absolute Gasteiger partial charge is 0.454 e. The first-order chi connectivity index (χ1) is 13.6. The van der Waals surface area contributed by atoms with Crippen LogP contribution in [0.4, 0.5) is 10.5 Å². The zero-order valence-electron chi connectivity index (χ0n) is 15.7. The van der Waals surface area contributed by atoms with Crippen LogP contribution in [0.25, 0.3) is 0 Å². The van der Waals surface area contributed by atoms with Gasteiger partial charge < -0.3 is 14.8 Å². The number of carbonyl (C=O) groups excluding carboxylic acids is 2. The van der Waals surface area contributed by atoms with Crippen molar-refractivity contribution in [2.75, 3.05) is 25.7 Å². The number of nitrogens with one attached hydrogen (secondary N) is 2. The fraction of sp³-hybridized carbons (Fsp3) is 0.333. The molecular weight excluding hydrogens is 358 g/mol. The van der Waals surface area contributed by atoms with Crippen LogP contribution in [0, 0.1) is 0 Å². The lowest BCUT2D eigenvalue weighted by atomic mass is 9.87. The highest BCUT2D eigenvalue weighted by molar-refractivity contribution is 6.01. The molecule has 1 aliphatic carbocycles. The Morgan fingerprint density at radius 1 is 1.14 bits per heavy atom. The number of aryl methyl sites for hydroxylation is 1. The molecular formula is C21H23N3O4. The number of imide groups is 1. The minimum atomic E-state index is -0.568. The molecule has 0 aromatic heterocycles. The maximum absolute atomic E-state index is 12.3. The third kappa shape index (κ3) is 3.94. The summed E-state index contributed by atoms with van der Waals surface area (Å²) in [6.45, 7) is 0.313. The van der Waals surface area contributed by atoms with Crippen molar-refractivity contribution in [2.24, 2.45) is 0 Å². The third-order valence-corrected chi connectivity index (χ3v) is 5.15. The van der Waals surface area contributed by atoms with Crippen molar-refractivity contribution in [1.82, 2.24) is 10.2 Å². The summed E-state index contributed by atoms with van der Waals surface area (Å²) in [5.41, 5.74) is 3.14. The Morgan fingerprint density at radius 2 is 1.96 bits per heavy atom. The van der Waals surface area contributed by atoms with Gasteiger partial charge in [0.25, 0.3) is 0 Å². The number of nitrogens with zero attached hydrogens (tertiary/aromatic N) is 1. The normalized spacial score (nSPS) is 17.1. The monoisotopic (exact) mass is 381 g/mol. The van der Waals surface area contributed by atoms with Gasteiger partial charge in [-0.05, 0) is 49.6 Å². The van der Waals surface area contributed by atoms with E-state index in [4.69, 9.17) is 9.47 Å². The SMILES string of the molecule is CN(CC(=O)NC(=O)Nc1ccc2c(c1)OCO2)C1CCCc2ccccc21. The molecule has 0 spiro atoms. The first-order valence-electron chi connectivity index (χ1n) is 9.38. The lowest BCUT2D eigenvalue weighted by molar-refractivity contribution is -0.121. The molecule has 4 rings (SSSR count). The maximum atomic E-state index is 12.3. The molecule has 3 amide bonds. The predicted octanol–water partition coefficient (Wildman–Crippen LogP) is 3.07. The van der Waals surface area contributed by atoms with E-state index in [2.05, 4.69) is 22.8 Å². The number of urea groups is 1. The molecule has 1 atom stereocenters. The van der Waals surface area contributed by atoms with Crippen molar-refractivity contribution in [1.29, 1.82) is 0 Å². The highest BCUT2D eigenvalue weighted by Crippen LogP contribution is 2.34. The minimum absolute atomic E-state index is 0.146.